The van der Waals surface area contributed by atoms with E-state index in [4.69, 9.17) is 5.11 Å². The lowest BCUT2D eigenvalue weighted by molar-refractivity contribution is 0.0917. The van der Waals surface area contributed by atoms with Crippen molar-refractivity contribution in [3.63, 3.8) is 0 Å². The number of nitrogens with one attached hydrogen (secondary N) is 1. The molecule has 1 atom stereocenters. The van der Waals surface area contributed by atoms with Gasteiger partial charge in [0.05, 0.1) is 17.9 Å². The molecule has 6 heteroatoms. The summed E-state index contributed by atoms with van der Waals surface area (Å²) in [4.78, 5) is 20.4. The zero-order valence-corrected chi connectivity index (χ0v) is 11.3. The van der Waals surface area contributed by atoms with Crippen LogP contribution in [0.25, 0.3) is 0 Å². The molecule has 0 aromatic carbocycles. The first-order chi connectivity index (χ1) is 7.99. The molecule has 1 heterocycles. The van der Waals surface area contributed by atoms with Crippen molar-refractivity contribution in [2.75, 3.05) is 12.9 Å². The van der Waals surface area contributed by atoms with Gasteiger partial charge in [-0.1, -0.05) is 0 Å². The van der Waals surface area contributed by atoms with Crippen LogP contribution < -0.4 is 5.32 Å². The number of amides is 1. The molecule has 1 rings (SSSR count). The molecule has 1 amide bonds. The Morgan fingerprint density at radius 2 is 2.12 bits per heavy atom. The summed E-state index contributed by atoms with van der Waals surface area (Å²) < 4.78 is 0. The van der Waals surface area contributed by atoms with Gasteiger partial charge in [-0.3, -0.25) is 4.79 Å². The van der Waals surface area contributed by atoms with Crippen LogP contribution in [0.5, 0.6) is 0 Å². The molecule has 17 heavy (non-hydrogen) atoms. The molecule has 0 fully saturated rings. The van der Waals surface area contributed by atoms with Gasteiger partial charge in [-0.15, -0.1) is 11.8 Å². The predicted molar refractivity (Wildman–Crippen MR) is 67.3 cm³/mol. The van der Waals surface area contributed by atoms with Gasteiger partial charge < -0.3 is 10.4 Å². The van der Waals surface area contributed by atoms with Gasteiger partial charge in [0, 0.05) is 6.04 Å². The third-order valence-corrected chi connectivity index (χ3v) is 2.92. The smallest absolute Gasteiger partial charge is 0.256 e. The van der Waals surface area contributed by atoms with Gasteiger partial charge in [-0.05, 0) is 27.0 Å². The van der Waals surface area contributed by atoms with Gasteiger partial charge in [0.25, 0.3) is 5.91 Å². The lowest BCUT2D eigenvalue weighted by Crippen LogP contribution is -2.36. The normalized spacial score (nSPS) is 12.3. The first kappa shape index (κ1) is 13.9. The van der Waals surface area contributed by atoms with Crippen LogP contribution in [0.2, 0.25) is 0 Å². The van der Waals surface area contributed by atoms with E-state index in [9.17, 15) is 4.79 Å². The average Bonchev–Trinajstić information content (AvgIpc) is 2.27. The Morgan fingerprint density at radius 1 is 1.47 bits per heavy atom. The van der Waals surface area contributed by atoms with Crippen LogP contribution in [0, 0.1) is 13.8 Å². The predicted octanol–water partition coefficient (Wildman–Crippen LogP) is 0.926. The Kier molecular flexibility index (Phi) is 4.89. The third kappa shape index (κ3) is 3.41. The summed E-state index contributed by atoms with van der Waals surface area (Å²) in [6, 6.07) is -0.280. The van der Waals surface area contributed by atoms with Crippen molar-refractivity contribution in [2.24, 2.45) is 0 Å². The third-order valence-electron chi connectivity index (χ3n) is 2.24. The maximum atomic E-state index is 12.0. The van der Waals surface area contributed by atoms with Crippen LogP contribution in [-0.2, 0) is 0 Å². The van der Waals surface area contributed by atoms with E-state index in [2.05, 4.69) is 15.3 Å². The summed E-state index contributed by atoms with van der Waals surface area (Å²) in [5.41, 5.74) is 1.15. The Bertz CT molecular complexity index is 423. The van der Waals surface area contributed by atoms with Crippen LogP contribution in [0.3, 0.4) is 0 Å². The minimum atomic E-state index is -0.280. The molecule has 0 aliphatic heterocycles. The van der Waals surface area contributed by atoms with Crippen molar-refractivity contribution >= 4 is 17.7 Å². The number of nitrogens with zero attached hydrogens (tertiary/aromatic N) is 2. The summed E-state index contributed by atoms with van der Waals surface area (Å²) in [7, 11) is 0. The van der Waals surface area contributed by atoms with Gasteiger partial charge in [-0.2, -0.15) is 0 Å². The van der Waals surface area contributed by atoms with Gasteiger partial charge >= 0.3 is 0 Å². The van der Waals surface area contributed by atoms with Crippen molar-refractivity contribution in [3.8, 4) is 0 Å². The number of aliphatic hydroxyl groups excluding tert-OH is 1. The maximum Gasteiger partial charge on any atom is 0.256 e. The van der Waals surface area contributed by atoms with Crippen LogP contribution in [0.4, 0.5) is 0 Å². The molecule has 1 aromatic heterocycles. The van der Waals surface area contributed by atoms with Gasteiger partial charge in [-0.25, -0.2) is 9.97 Å². The second kappa shape index (κ2) is 5.97. The molecule has 2 N–H and O–H groups in total. The summed E-state index contributed by atoms with van der Waals surface area (Å²) >= 11 is 1.41. The van der Waals surface area contributed by atoms with Crippen molar-refractivity contribution in [1.29, 1.82) is 0 Å². The van der Waals surface area contributed by atoms with E-state index in [1.807, 2.05) is 6.26 Å². The van der Waals surface area contributed by atoms with E-state index in [0.29, 0.717) is 22.1 Å². The summed E-state index contributed by atoms with van der Waals surface area (Å²) in [5, 5.41) is 12.3. The van der Waals surface area contributed by atoms with E-state index in [-0.39, 0.29) is 18.6 Å². The Balaban J connectivity index is 3.08. The largest absolute Gasteiger partial charge is 0.394 e. The molecule has 0 aliphatic rings. The zero-order valence-electron chi connectivity index (χ0n) is 10.4. The zero-order chi connectivity index (χ0) is 13.0. The summed E-state index contributed by atoms with van der Waals surface area (Å²) in [6.45, 7) is 5.23. The fourth-order valence-corrected chi connectivity index (χ4v) is 2.10. The minimum absolute atomic E-state index is 0.0912. The molecule has 0 saturated carbocycles. The Morgan fingerprint density at radius 3 is 2.65 bits per heavy atom. The number of carbonyl (C=O) groups excluding carboxylic acids is 1. The van der Waals surface area contributed by atoms with E-state index in [1.54, 1.807) is 20.8 Å². The Hall–Kier alpha value is -1.14. The van der Waals surface area contributed by atoms with E-state index < -0.39 is 0 Å². The Labute approximate surface area is 105 Å². The molecule has 94 valence electrons. The highest BCUT2D eigenvalue weighted by atomic mass is 32.2. The van der Waals surface area contributed by atoms with Gasteiger partial charge in [0.1, 0.15) is 10.9 Å². The number of thioether (sulfide) groups is 1. The maximum absolute atomic E-state index is 12.0. The number of hydrogen-bond acceptors (Lipinski definition) is 5. The fraction of sp³-hybridized carbons (Fsp3) is 0.545. The fourth-order valence-electron chi connectivity index (χ4n) is 1.43. The highest BCUT2D eigenvalue weighted by Crippen LogP contribution is 2.20. The summed E-state index contributed by atoms with van der Waals surface area (Å²) in [5.74, 6) is 0.409. The molecule has 5 nitrogen and oxygen atoms in total. The van der Waals surface area contributed by atoms with Gasteiger partial charge in [0.15, 0.2) is 0 Å². The standard InChI is InChI=1S/C11H17N3O2S/c1-6(5-15)12-10(16)9-7(2)13-8(3)14-11(9)17-4/h6,15H,5H2,1-4H3,(H,12,16)/t6-/m0/s1. The second-order valence-electron chi connectivity index (χ2n) is 3.80. The molecular weight excluding hydrogens is 238 g/mol. The van der Waals surface area contributed by atoms with Crippen LogP contribution in [0.1, 0.15) is 28.8 Å². The molecule has 0 bridgehead atoms. The van der Waals surface area contributed by atoms with E-state index in [0.717, 1.165) is 0 Å². The van der Waals surface area contributed by atoms with Crippen molar-refractivity contribution in [1.82, 2.24) is 15.3 Å². The van der Waals surface area contributed by atoms with E-state index >= 15 is 0 Å². The van der Waals surface area contributed by atoms with Crippen molar-refractivity contribution < 1.29 is 9.90 Å². The number of aromatic nitrogens is 2. The first-order valence-corrected chi connectivity index (χ1v) is 6.53. The number of rotatable bonds is 4. The number of hydrogen-bond donors (Lipinski definition) is 2. The van der Waals surface area contributed by atoms with Crippen molar-refractivity contribution in [2.45, 2.75) is 31.8 Å². The van der Waals surface area contributed by atoms with Crippen LogP contribution >= 0.6 is 11.8 Å². The van der Waals surface area contributed by atoms with Crippen molar-refractivity contribution in [3.05, 3.63) is 17.1 Å². The van der Waals surface area contributed by atoms with Crippen LogP contribution in [-0.4, -0.2) is 39.9 Å². The van der Waals surface area contributed by atoms with Gasteiger partial charge in [0.2, 0.25) is 0 Å². The monoisotopic (exact) mass is 255 g/mol. The number of carbonyl (C=O) groups is 1. The number of aryl methyl sites for hydroxylation is 2. The molecule has 0 radical (unpaired) electrons. The molecule has 0 spiro atoms. The lowest BCUT2D eigenvalue weighted by Gasteiger charge is -2.14. The van der Waals surface area contributed by atoms with Crippen LogP contribution in [0.15, 0.2) is 5.03 Å². The highest BCUT2D eigenvalue weighted by Gasteiger charge is 2.18. The lowest BCUT2D eigenvalue weighted by atomic mass is 10.2. The second-order valence-corrected chi connectivity index (χ2v) is 4.59. The molecule has 0 unspecified atom stereocenters. The quantitative estimate of drug-likeness (QED) is 0.618. The van der Waals surface area contributed by atoms with E-state index in [1.165, 1.54) is 11.8 Å². The highest BCUT2D eigenvalue weighted by molar-refractivity contribution is 7.98. The summed E-state index contributed by atoms with van der Waals surface area (Å²) in [6.07, 6.45) is 1.87. The molecular formula is C11H17N3O2S. The molecule has 1 aromatic rings. The topological polar surface area (TPSA) is 75.1 Å². The molecule has 0 saturated heterocycles. The first-order valence-electron chi connectivity index (χ1n) is 5.30. The number of aliphatic hydroxyl groups is 1. The molecule has 0 aliphatic carbocycles. The SMILES string of the molecule is CSc1nc(C)nc(C)c1C(=O)N[C@@H](C)CO. The average molecular weight is 255 g/mol. The minimum Gasteiger partial charge on any atom is -0.394 e.